The Hall–Kier alpha value is -0.590. The first-order valence-electron chi connectivity index (χ1n) is 5.13. The Morgan fingerprint density at radius 3 is 3.13 bits per heavy atom. The molecule has 2 atom stereocenters. The maximum Gasteiger partial charge on any atom is 0.245 e. The number of aromatic nitrogens is 2. The van der Waals surface area contributed by atoms with Gasteiger partial charge in [0.05, 0.1) is 11.9 Å². The van der Waals surface area contributed by atoms with Crippen LogP contribution in [0.15, 0.2) is 4.52 Å². The Bertz CT molecular complexity index is 312. The van der Waals surface area contributed by atoms with Gasteiger partial charge >= 0.3 is 0 Å². The quantitative estimate of drug-likeness (QED) is 0.805. The lowest BCUT2D eigenvalue weighted by atomic mass is 10.2. The Kier molecular flexibility index (Phi) is 3.61. The van der Waals surface area contributed by atoms with E-state index in [9.17, 15) is 0 Å². The summed E-state index contributed by atoms with van der Waals surface area (Å²) in [5.41, 5.74) is 5.58. The third kappa shape index (κ3) is 2.50. The monoisotopic (exact) mass is 229 g/mol. The van der Waals surface area contributed by atoms with Gasteiger partial charge in [-0.1, -0.05) is 11.6 Å². The van der Waals surface area contributed by atoms with Crippen LogP contribution in [0.3, 0.4) is 0 Å². The molecule has 5 nitrogen and oxygen atoms in total. The highest BCUT2D eigenvalue weighted by atomic mass is 32.2. The molecule has 0 amide bonds. The van der Waals surface area contributed by atoms with Crippen molar-refractivity contribution >= 4 is 11.8 Å². The largest absolute Gasteiger partial charge is 0.394 e. The lowest BCUT2D eigenvalue weighted by Crippen LogP contribution is -2.15. The lowest BCUT2D eigenvalue weighted by molar-refractivity contribution is 0.236. The number of nitrogens with two attached hydrogens (primary N) is 1. The summed E-state index contributed by atoms with van der Waals surface area (Å²) in [6.45, 7) is -0.167. The van der Waals surface area contributed by atoms with Crippen LogP contribution in [0.4, 0.5) is 0 Å². The van der Waals surface area contributed by atoms with Crippen molar-refractivity contribution in [2.75, 3.05) is 12.4 Å². The van der Waals surface area contributed by atoms with E-state index in [4.69, 9.17) is 15.4 Å². The van der Waals surface area contributed by atoms with Gasteiger partial charge in [0.1, 0.15) is 6.04 Å². The summed E-state index contributed by atoms with van der Waals surface area (Å²) in [4.78, 5) is 4.22. The molecule has 1 fully saturated rings. The summed E-state index contributed by atoms with van der Waals surface area (Å²) in [7, 11) is 0. The van der Waals surface area contributed by atoms with Gasteiger partial charge in [0.2, 0.25) is 5.89 Å². The molecule has 1 saturated heterocycles. The Morgan fingerprint density at radius 2 is 2.47 bits per heavy atom. The fourth-order valence-electron chi connectivity index (χ4n) is 1.55. The smallest absolute Gasteiger partial charge is 0.245 e. The van der Waals surface area contributed by atoms with Crippen LogP contribution in [0.2, 0.25) is 0 Å². The van der Waals surface area contributed by atoms with Crippen LogP contribution in [0.25, 0.3) is 0 Å². The van der Waals surface area contributed by atoms with Crippen molar-refractivity contribution in [2.24, 2.45) is 5.73 Å². The van der Waals surface area contributed by atoms with E-state index in [1.165, 1.54) is 12.8 Å². The maximum absolute atomic E-state index is 8.85. The van der Waals surface area contributed by atoms with Crippen LogP contribution >= 0.6 is 11.8 Å². The Labute approximate surface area is 92.4 Å². The van der Waals surface area contributed by atoms with Crippen molar-refractivity contribution in [3.63, 3.8) is 0 Å². The number of rotatable bonds is 3. The standard InChI is InChI=1S/C9H15N3O2S/c10-6(5-13)9-11-8(12-14-9)7-3-1-2-4-15-7/h6-7,13H,1-5,10H2/t6-,7?/m1/s1. The number of thioether (sulfide) groups is 1. The van der Waals surface area contributed by atoms with Gasteiger partial charge in [-0.05, 0) is 18.6 Å². The molecule has 6 heteroatoms. The summed E-state index contributed by atoms with van der Waals surface area (Å²) < 4.78 is 5.01. The number of aliphatic hydroxyl groups is 1. The second-order valence-electron chi connectivity index (χ2n) is 3.64. The van der Waals surface area contributed by atoms with Crippen molar-refractivity contribution in [1.82, 2.24) is 10.1 Å². The van der Waals surface area contributed by atoms with Crippen LogP contribution in [0.5, 0.6) is 0 Å². The van der Waals surface area contributed by atoms with Crippen LogP contribution < -0.4 is 5.73 Å². The fourth-order valence-corrected chi connectivity index (χ4v) is 2.78. The van der Waals surface area contributed by atoms with Crippen LogP contribution in [-0.2, 0) is 0 Å². The molecule has 0 bridgehead atoms. The normalized spacial score (nSPS) is 24.0. The zero-order valence-electron chi connectivity index (χ0n) is 8.43. The van der Waals surface area contributed by atoms with E-state index in [1.54, 1.807) is 0 Å². The molecular weight excluding hydrogens is 214 g/mol. The Morgan fingerprint density at radius 1 is 1.60 bits per heavy atom. The molecule has 1 aromatic heterocycles. The second kappa shape index (κ2) is 4.96. The van der Waals surface area contributed by atoms with E-state index in [-0.39, 0.29) is 6.61 Å². The molecule has 0 radical (unpaired) electrons. The van der Waals surface area contributed by atoms with Gasteiger partial charge in [-0.25, -0.2) is 0 Å². The van der Waals surface area contributed by atoms with Gasteiger partial charge < -0.3 is 15.4 Å². The predicted octanol–water partition coefficient (Wildman–Crippen LogP) is 1.02. The summed E-state index contributed by atoms with van der Waals surface area (Å²) in [5.74, 6) is 2.21. The first-order valence-corrected chi connectivity index (χ1v) is 6.17. The molecule has 1 unspecified atom stereocenters. The molecule has 0 saturated carbocycles. The number of aliphatic hydroxyl groups excluding tert-OH is 1. The lowest BCUT2D eigenvalue weighted by Gasteiger charge is -2.17. The van der Waals surface area contributed by atoms with Gasteiger partial charge in [0.15, 0.2) is 5.82 Å². The highest BCUT2D eigenvalue weighted by molar-refractivity contribution is 7.99. The molecule has 84 valence electrons. The van der Waals surface area contributed by atoms with Crippen molar-refractivity contribution in [2.45, 2.75) is 30.6 Å². The average Bonchev–Trinajstić information content (AvgIpc) is 2.78. The summed E-state index contributed by atoms with van der Waals surface area (Å²) >= 11 is 1.86. The molecule has 0 aliphatic carbocycles. The summed E-state index contributed by atoms with van der Waals surface area (Å²) in [6.07, 6.45) is 3.58. The first-order chi connectivity index (χ1) is 7.31. The SMILES string of the molecule is N[C@H](CO)c1nc(C2CCCCS2)no1. The summed E-state index contributed by atoms with van der Waals surface area (Å²) in [5, 5.41) is 13.1. The molecule has 0 aromatic carbocycles. The maximum atomic E-state index is 8.85. The number of hydrogen-bond acceptors (Lipinski definition) is 6. The molecule has 1 aliphatic heterocycles. The van der Waals surface area contributed by atoms with E-state index in [2.05, 4.69) is 10.1 Å². The van der Waals surface area contributed by atoms with Crippen LogP contribution in [0.1, 0.15) is 42.3 Å². The van der Waals surface area contributed by atoms with Gasteiger partial charge in [-0.3, -0.25) is 0 Å². The molecule has 15 heavy (non-hydrogen) atoms. The van der Waals surface area contributed by atoms with Crippen molar-refractivity contribution in [1.29, 1.82) is 0 Å². The van der Waals surface area contributed by atoms with E-state index in [1.807, 2.05) is 11.8 Å². The molecule has 2 rings (SSSR count). The van der Waals surface area contributed by atoms with Gasteiger partial charge in [-0.15, -0.1) is 0 Å². The third-order valence-corrected chi connectivity index (χ3v) is 3.81. The number of hydrogen-bond donors (Lipinski definition) is 2. The van der Waals surface area contributed by atoms with Crippen molar-refractivity contribution in [3.05, 3.63) is 11.7 Å². The molecular formula is C9H15N3O2S. The second-order valence-corrected chi connectivity index (χ2v) is 4.95. The number of nitrogens with zero attached hydrogens (tertiary/aromatic N) is 2. The van der Waals surface area contributed by atoms with Gasteiger partial charge in [0, 0.05) is 0 Å². The minimum atomic E-state index is -0.556. The van der Waals surface area contributed by atoms with Crippen molar-refractivity contribution in [3.8, 4) is 0 Å². The third-order valence-electron chi connectivity index (χ3n) is 2.44. The van der Waals surface area contributed by atoms with E-state index in [0.717, 1.165) is 18.0 Å². The molecule has 2 heterocycles. The van der Waals surface area contributed by atoms with Crippen molar-refractivity contribution < 1.29 is 9.63 Å². The topological polar surface area (TPSA) is 85.2 Å². The fraction of sp³-hybridized carbons (Fsp3) is 0.778. The van der Waals surface area contributed by atoms with Gasteiger partial charge in [0.25, 0.3) is 0 Å². The minimum Gasteiger partial charge on any atom is -0.394 e. The first kappa shape index (κ1) is 10.9. The molecule has 1 aromatic rings. The van der Waals surface area contributed by atoms with E-state index in [0.29, 0.717) is 11.1 Å². The van der Waals surface area contributed by atoms with Crippen LogP contribution in [-0.4, -0.2) is 27.6 Å². The zero-order valence-corrected chi connectivity index (χ0v) is 9.24. The van der Waals surface area contributed by atoms with E-state index >= 15 is 0 Å². The summed E-state index contributed by atoms with van der Waals surface area (Å²) in [6, 6.07) is -0.556. The Balaban J connectivity index is 2.05. The highest BCUT2D eigenvalue weighted by Crippen LogP contribution is 2.36. The average molecular weight is 229 g/mol. The van der Waals surface area contributed by atoms with E-state index < -0.39 is 6.04 Å². The molecule has 1 aliphatic rings. The highest BCUT2D eigenvalue weighted by Gasteiger charge is 2.22. The zero-order chi connectivity index (χ0) is 10.7. The predicted molar refractivity (Wildman–Crippen MR) is 57.4 cm³/mol. The van der Waals surface area contributed by atoms with Gasteiger partial charge in [-0.2, -0.15) is 16.7 Å². The van der Waals surface area contributed by atoms with Crippen LogP contribution in [0, 0.1) is 0 Å². The molecule has 3 N–H and O–H groups in total. The minimum absolute atomic E-state index is 0.167. The molecule has 0 spiro atoms.